The van der Waals surface area contributed by atoms with Gasteiger partial charge < -0.3 is 0 Å². The molecule has 0 aromatic carbocycles. The first-order valence-electron chi connectivity index (χ1n) is 7.70. The Morgan fingerprint density at radius 1 is 0.688 bits per heavy atom. The van der Waals surface area contributed by atoms with Gasteiger partial charge in [-0.3, -0.25) is 0 Å². The fraction of sp³-hybridized carbons (Fsp3) is 1.00. The second-order valence-corrected chi connectivity index (χ2v) is 6.39. The second-order valence-electron chi connectivity index (χ2n) is 6.39. The Morgan fingerprint density at radius 3 is 1.38 bits per heavy atom. The van der Waals surface area contributed by atoms with Crippen LogP contribution in [0.25, 0.3) is 0 Å². The predicted octanol–water partition coefficient (Wildman–Crippen LogP) is 5.81. The molecule has 0 atom stereocenters. The van der Waals surface area contributed by atoms with E-state index in [1.54, 1.807) is 0 Å². The van der Waals surface area contributed by atoms with Gasteiger partial charge in [-0.05, 0) is 30.6 Å². The highest BCUT2D eigenvalue weighted by molar-refractivity contribution is 4.71. The molecule has 0 aromatic heterocycles. The summed E-state index contributed by atoms with van der Waals surface area (Å²) in [5, 5.41) is 0. The van der Waals surface area contributed by atoms with Crippen LogP contribution in [0.5, 0.6) is 0 Å². The zero-order valence-electron chi connectivity index (χ0n) is 11.8. The Kier molecular flexibility index (Phi) is 7.16. The van der Waals surface area contributed by atoms with Gasteiger partial charge in [-0.1, -0.05) is 72.1 Å². The van der Waals surface area contributed by atoms with Gasteiger partial charge in [0.05, 0.1) is 0 Å². The molecule has 0 radical (unpaired) electrons. The fourth-order valence-corrected chi connectivity index (χ4v) is 3.01. The topological polar surface area (TPSA) is 0 Å². The summed E-state index contributed by atoms with van der Waals surface area (Å²) in [4.78, 5) is 0. The number of hydrogen-bond donors (Lipinski definition) is 0. The SMILES string of the molecule is C1CCCCC1.CC1CCC(C(C)C)CC1. The van der Waals surface area contributed by atoms with Crippen LogP contribution in [0.15, 0.2) is 0 Å². The van der Waals surface area contributed by atoms with Crippen LogP contribution >= 0.6 is 0 Å². The molecule has 0 aliphatic heterocycles. The van der Waals surface area contributed by atoms with Crippen molar-refractivity contribution in [2.24, 2.45) is 17.8 Å². The van der Waals surface area contributed by atoms with Gasteiger partial charge in [0, 0.05) is 0 Å². The van der Waals surface area contributed by atoms with E-state index < -0.39 is 0 Å². The largest absolute Gasteiger partial charge is 0.0625 e. The van der Waals surface area contributed by atoms with Gasteiger partial charge in [0.25, 0.3) is 0 Å². The van der Waals surface area contributed by atoms with Crippen molar-refractivity contribution < 1.29 is 0 Å². The van der Waals surface area contributed by atoms with Gasteiger partial charge in [0.2, 0.25) is 0 Å². The van der Waals surface area contributed by atoms with Crippen molar-refractivity contribution in [3.05, 3.63) is 0 Å². The molecule has 0 amide bonds. The molecule has 2 rings (SSSR count). The quantitative estimate of drug-likeness (QED) is 0.527. The van der Waals surface area contributed by atoms with Gasteiger partial charge in [-0.15, -0.1) is 0 Å². The summed E-state index contributed by atoms with van der Waals surface area (Å²) in [6.45, 7) is 7.11. The first-order valence-corrected chi connectivity index (χ1v) is 7.70. The van der Waals surface area contributed by atoms with Gasteiger partial charge >= 0.3 is 0 Å². The number of rotatable bonds is 1. The van der Waals surface area contributed by atoms with Crippen LogP contribution in [0.1, 0.15) is 85.0 Å². The standard InChI is InChI=1S/C10H20.C6H12/c1-8(2)10-6-4-9(3)5-7-10;1-2-4-6-5-3-1/h8-10H,4-7H2,1-3H3;1-6H2. The van der Waals surface area contributed by atoms with Gasteiger partial charge in [-0.2, -0.15) is 0 Å². The molecule has 0 heterocycles. The van der Waals surface area contributed by atoms with Crippen molar-refractivity contribution in [2.45, 2.75) is 85.0 Å². The van der Waals surface area contributed by atoms with Crippen molar-refractivity contribution in [1.29, 1.82) is 0 Å². The molecule has 0 bridgehead atoms. The third-order valence-corrected chi connectivity index (χ3v) is 4.50. The molecule has 0 N–H and O–H groups in total. The van der Waals surface area contributed by atoms with Crippen LogP contribution in [0, 0.1) is 17.8 Å². The summed E-state index contributed by atoms with van der Waals surface area (Å²) in [6.07, 6.45) is 14.9. The molecule has 16 heavy (non-hydrogen) atoms. The molecule has 2 saturated carbocycles. The summed E-state index contributed by atoms with van der Waals surface area (Å²) in [5.41, 5.74) is 0. The monoisotopic (exact) mass is 224 g/mol. The Bertz CT molecular complexity index is 136. The average Bonchev–Trinajstić information content (AvgIpc) is 2.32. The molecule has 0 nitrogen and oxygen atoms in total. The molecular weight excluding hydrogens is 192 g/mol. The molecule has 0 aromatic rings. The van der Waals surface area contributed by atoms with Crippen molar-refractivity contribution >= 4 is 0 Å². The first-order chi connectivity index (χ1) is 7.70. The van der Waals surface area contributed by atoms with E-state index in [1.807, 2.05) is 0 Å². The lowest BCUT2D eigenvalue weighted by Crippen LogP contribution is -2.16. The van der Waals surface area contributed by atoms with Crippen LogP contribution in [-0.2, 0) is 0 Å². The molecular formula is C16H32. The highest BCUT2D eigenvalue weighted by Gasteiger charge is 2.19. The minimum Gasteiger partial charge on any atom is -0.0625 e. The summed E-state index contributed by atoms with van der Waals surface area (Å²) < 4.78 is 0. The zero-order valence-corrected chi connectivity index (χ0v) is 11.8. The van der Waals surface area contributed by atoms with Crippen LogP contribution in [-0.4, -0.2) is 0 Å². The van der Waals surface area contributed by atoms with E-state index in [0.29, 0.717) is 0 Å². The first kappa shape index (κ1) is 14.1. The number of hydrogen-bond acceptors (Lipinski definition) is 0. The van der Waals surface area contributed by atoms with E-state index in [4.69, 9.17) is 0 Å². The van der Waals surface area contributed by atoms with Gasteiger partial charge in [0.15, 0.2) is 0 Å². The zero-order chi connectivity index (χ0) is 11.8. The summed E-state index contributed by atoms with van der Waals surface area (Å²) in [5.74, 6) is 2.97. The lowest BCUT2D eigenvalue weighted by Gasteiger charge is -2.28. The minimum absolute atomic E-state index is 0.924. The second kappa shape index (κ2) is 8.14. The molecule has 2 aliphatic carbocycles. The van der Waals surface area contributed by atoms with Crippen LogP contribution < -0.4 is 0 Å². The van der Waals surface area contributed by atoms with E-state index >= 15 is 0 Å². The van der Waals surface area contributed by atoms with Gasteiger partial charge in [-0.25, -0.2) is 0 Å². The van der Waals surface area contributed by atoms with E-state index in [2.05, 4.69) is 20.8 Å². The summed E-state index contributed by atoms with van der Waals surface area (Å²) in [7, 11) is 0. The molecule has 0 heteroatoms. The lowest BCUT2D eigenvalue weighted by atomic mass is 9.78. The Hall–Kier alpha value is 0. The maximum Gasteiger partial charge on any atom is -0.0391 e. The summed E-state index contributed by atoms with van der Waals surface area (Å²) in [6, 6.07) is 0. The minimum atomic E-state index is 0.924. The van der Waals surface area contributed by atoms with E-state index in [9.17, 15) is 0 Å². The molecule has 0 saturated heterocycles. The van der Waals surface area contributed by atoms with E-state index in [-0.39, 0.29) is 0 Å². The van der Waals surface area contributed by atoms with Crippen molar-refractivity contribution in [3.8, 4) is 0 Å². The smallest absolute Gasteiger partial charge is 0.0391 e. The maximum absolute atomic E-state index is 2.39. The van der Waals surface area contributed by atoms with Crippen LogP contribution in [0.3, 0.4) is 0 Å². The third-order valence-electron chi connectivity index (χ3n) is 4.50. The Morgan fingerprint density at radius 2 is 1.06 bits per heavy atom. The van der Waals surface area contributed by atoms with Crippen LogP contribution in [0.2, 0.25) is 0 Å². The Labute approximate surface area is 103 Å². The molecule has 2 aliphatic rings. The summed E-state index contributed by atoms with van der Waals surface area (Å²) >= 11 is 0. The van der Waals surface area contributed by atoms with Crippen molar-refractivity contribution in [1.82, 2.24) is 0 Å². The highest BCUT2D eigenvalue weighted by Crippen LogP contribution is 2.32. The van der Waals surface area contributed by atoms with Crippen LogP contribution in [0.4, 0.5) is 0 Å². The Balaban J connectivity index is 0.000000181. The molecule has 96 valence electrons. The van der Waals surface area contributed by atoms with Gasteiger partial charge in [0.1, 0.15) is 0 Å². The fourth-order valence-electron chi connectivity index (χ4n) is 3.01. The highest BCUT2D eigenvalue weighted by atomic mass is 14.3. The molecule has 0 spiro atoms. The van der Waals surface area contributed by atoms with Crippen molar-refractivity contribution in [3.63, 3.8) is 0 Å². The maximum atomic E-state index is 2.39. The predicted molar refractivity (Wildman–Crippen MR) is 73.7 cm³/mol. The lowest BCUT2D eigenvalue weighted by molar-refractivity contribution is 0.234. The van der Waals surface area contributed by atoms with E-state index in [1.165, 1.54) is 64.2 Å². The average molecular weight is 224 g/mol. The van der Waals surface area contributed by atoms with Crippen molar-refractivity contribution in [2.75, 3.05) is 0 Å². The normalized spacial score (nSPS) is 30.8. The van der Waals surface area contributed by atoms with E-state index in [0.717, 1.165) is 17.8 Å². The molecule has 2 fully saturated rings. The third kappa shape index (κ3) is 5.92. The molecule has 0 unspecified atom stereocenters.